The third-order valence-electron chi connectivity index (χ3n) is 4.14. The number of amides is 2. The summed E-state index contributed by atoms with van der Waals surface area (Å²) in [5, 5.41) is 8.51. The molecule has 0 fully saturated rings. The predicted molar refractivity (Wildman–Crippen MR) is 104 cm³/mol. The first-order valence-corrected chi connectivity index (χ1v) is 8.74. The second-order valence-corrected chi connectivity index (χ2v) is 6.13. The summed E-state index contributed by atoms with van der Waals surface area (Å²) < 4.78 is 5.11. The molecule has 7 nitrogen and oxygen atoms in total. The fourth-order valence-corrected chi connectivity index (χ4v) is 2.70. The van der Waals surface area contributed by atoms with Crippen LogP contribution in [0.5, 0.6) is 5.75 Å². The third-order valence-corrected chi connectivity index (χ3v) is 4.14. The molecule has 3 N–H and O–H groups in total. The monoisotopic (exact) mass is 366 g/mol. The van der Waals surface area contributed by atoms with Crippen molar-refractivity contribution >= 4 is 23.5 Å². The van der Waals surface area contributed by atoms with Gasteiger partial charge >= 0.3 is 0 Å². The number of methoxy groups -OCH3 is 1. The second-order valence-electron chi connectivity index (χ2n) is 6.13. The Balaban J connectivity index is 1.47. The van der Waals surface area contributed by atoms with Crippen molar-refractivity contribution < 1.29 is 14.3 Å². The van der Waals surface area contributed by atoms with E-state index in [9.17, 15) is 9.59 Å². The zero-order valence-corrected chi connectivity index (χ0v) is 15.1. The average Bonchev–Trinajstić information content (AvgIpc) is 3.02. The van der Waals surface area contributed by atoms with Gasteiger partial charge < -0.3 is 15.4 Å². The molecule has 0 radical (unpaired) electrons. The maximum absolute atomic E-state index is 12.1. The smallest absolute Gasteiger partial charge is 0.252 e. The molecule has 1 atom stereocenters. The van der Waals surface area contributed by atoms with Crippen LogP contribution in [0.25, 0.3) is 0 Å². The number of aliphatic imine (C=N–C) groups is 1. The van der Waals surface area contributed by atoms with Crippen LogP contribution in [-0.2, 0) is 16.0 Å². The van der Waals surface area contributed by atoms with Crippen molar-refractivity contribution in [3.8, 4) is 5.75 Å². The second kappa shape index (κ2) is 8.84. The van der Waals surface area contributed by atoms with Crippen molar-refractivity contribution in [2.75, 3.05) is 19.0 Å². The fraction of sp³-hybridized carbons (Fsp3) is 0.250. The summed E-state index contributed by atoms with van der Waals surface area (Å²) in [5.74, 6) is 0.597. The number of ether oxygens (including phenoxy) is 1. The van der Waals surface area contributed by atoms with E-state index in [2.05, 4.69) is 20.9 Å². The number of carbonyl (C=O) groups is 2. The van der Waals surface area contributed by atoms with Crippen LogP contribution in [0.4, 0.5) is 5.69 Å². The van der Waals surface area contributed by atoms with Crippen molar-refractivity contribution in [3.05, 3.63) is 60.2 Å². The highest BCUT2D eigenvalue weighted by Gasteiger charge is 2.28. The zero-order chi connectivity index (χ0) is 19.1. The van der Waals surface area contributed by atoms with E-state index in [-0.39, 0.29) is 18.2 Å². The Morgan fingerprint density at radius 2 is 1.89 bits per heavy atom. The molecule has 2 aromatic carbocycles. The van der Waals surface area contributed by atoms with Gasteiger partial charge in [-0.3, -0.25) is 14.9 Å². The highest BCUT2D eigenvalue weighted by atomic mass is 16.5. The first-order valence-electron chi connectivity index (χ1n) is 8.74. The molecule has 2 amide bonds. The lowest BCUT2D eigenvalue weighted by Gasteiger charge is -2.07. The Bertz CT molecular complexity index is 819. The maximum Gasteiger partial charge on any atom is 0.252 e. The van der Waals surface area contributed by atoms with Crippen LogP contribution >= 0.6 is 0 Å². The zero-order valence-electron chi connectivity index (χ0n) is 15.1. The number of carbonyl (C=O) groups excluding carboxylic acids is 2. The SMILES string of the molecule is COc1ccc(NC2=NC(CC(=O)NCCc3ccccc3)C(=O)N2)cc1. The quantitative estimate of drug-likeness (QED) is 0.696. The average molecular weight is 366 g/mol. The van der Waals surface area contributed by atoms with Crippen molar-refractivity contribution in [2.24, 2.45) is 4.99 Å². The van der Waals surface area contributed by atoms with E-state index in [4.69, 9.17) is 4.74 Å². The van der Waals surface area contributed by atoms with Gasteiger partial charge in [0, 0.05) is 12.2 Å². The predicted octanol–water partition coefficient (Wildman–Crippen LogP) is 1.71. The molecule has 2 aromatic rings. The van der Waals surface area contributed by atoms with E-state index in [0.717, 1.165) is 23.4 Å². The Kier molecular flexibility index (Phi) is 6.04. The molecule has 3 rings (SSSR count). The fourth-order valence-electron chi connectivity index (χ4n) is 2.70. The lowest BCUT2D eigenvalue weighted by Crippen LogP contribution is -2.35. The van der Waals surface area contributed by atoms with E-state index in [1.165, 1.54) is 0 Å². The number of benzene rings is 2. The highest BCUT2D eigenvalue weighted by Crippen LogP contribution is 2.16. The van der Waals surface area contributed by atoms with Gasteiger partial charge in [-0.05, 0) is 36.2 Å². The van der Waals surface area contributed by atoms with Gasteiger partial charge in [0.25, 0.3) is 5.91 Å². The number of hydrogen-bond donors (Lipinski definition) is 3. The molecule has 27 heavy (non-hydrogen) atoms. The van der Waals surface area contributed by atoms with Gasteiger partial charge in [-0.2, -0.15) is 0 Å². The van der Waals surface area contributed by atoms with Gasteiger partial charge in [0.1, 0.15) is 11.8 Å². The molecular formula is C20H22N4O3. The molecule has 0 aliphatic carbocycles. The molecule has 0 aromatic heterocycles. The number of nitrogens with one attached hydrogen (secondary N) is 3. The molecule has 1 unspecified atom stereocenters. The largest absolute Gasteiger partial charge is 0.497 e. The molecule has 0 spiro atoms. The number of guanidine groups is 1. The van der Waals surface area contributed by atoms with E-state index in [1.807, 2.05) is 42.5 Å². The van der Waals surface area contributed by atoms with Gasteiger partial charge in [0.2, 0.25) is 11.9 Å². The highest BCUT2D eigenvalue weighted by molar-refractivity contribution is 6.11. The van der Waals surface area contributed by atoms with Crippen molar-refractivity contribution in [3.63, 3.8) is 0 Å². The number of nitrogens with zero attached hydrogens (tertiary/aromatic N) is 1. The molecule has 0 saturated heterocycles. The molecular weight excluding hydrogens is 344 g/mol. The molecule has 1 aliphatic heterocycles. The number of anilines is 1. The maximum atomic E-state index is 12.1. The summed E-state index contributed by atoms with van der Waals surface area (Å²) >= 11 is 0. The lowest BCUT2D eigenvalue weighted by atomic mass is 10.1. The minimum atomic E-state index is -0.720. The molecule has 140 valence electrons. The third kappa shape index (κ3) is 5.31. The molecule has 7 heteroatoms. The molecule has 1 heterocycles. The Hall–Kier alpha value is -3.35. The topological polar surface area (TPSA) is 91.8 Å². The Labute approximate surface area is 157 Å². The van der Waals surface area contributed by atoms with Gasteiger partial charge in [-0.25, -0.2) is 4.99 Å². The summed E-state index contributed by atoms with van der Waals surface area (Å²) in [6.07, 6.45) is 0.769. The van der Waals surface area contributed by atoms with Crippen LogP contribution in [0.3, 0.4) is 0 Å². The van der Waals surface area contributed by atoms with E-state index in [1.54, 1.807) is 19.2 Å². The standard InChI is InChI=1S/C20H22N4O3/c1-27-16-9-7-15(8-10-16)22-20-23-17(19(26)24-20)13-18(25)21-12-11-14-5-3-2-4-6-14/h2-10,17H,11-13H2,1H3,(H,21,25)(H2,22,23,24,26). The first-order chi connectivity index (χ1) is 13.1. The van der Waals surface area contributed by atoms with E-state index >= 15 is 0 Å². The molecule has 0 bridgehead atoms. The molecule has 0 saturated carbocycles. The summed E-state index contributed by atoms with van der Waals surface area (Å²) in [5.41, 5.74) is 1.92. The lowest BCUT2D eigenvalue weighted by molar-refractivity contribution is -0.126. The Morgan fingerprint density at radius 3 is 2.59 bits per heavy atom. The summed E-state index contributed by atoms with van der Waals surface area (Å²) in [6, 6.07) is 16.4. The minimum absolute atomic E-state index is 0.0222. The van der Waals surface area contributed by atoms with Crippen LogP contribution in [0, 0.1) is 0 Å². The first kappa shape index (κ1) is 18.4. The van der Waals surface area contributed by atoms with E-state index < -0.39 is 6.04 Å². The van der Waals surface area contributed by atoms with Crippen LogP contribution in [-0.4, -0.2) is 37.5 Å². The van der Waals surface area contributed by atoms with Crippen LogP contribution in [0.15, 0.2) is 59.6 Å². The summed E-state index contributed by atoms with van der Waals surface area (Å²) in [4.78, 5) is 28.4. The normalized spacial score (nSPS) is 15.7. The molecule has 1 aliphatic rings. The van der Waals surface area contributed by atoms with Crippen LogP contribution in [0.1, 0.15) is 12.0 Å². The Morgan fingerprint density at radius 1 is 1.15 bits per heavy atom. The number of rotatable bonds is 7. The van der Waals surface area contributed by atoms with Crippen molar-refractivity contribution in [1.82, 2.24) is 10.6 Å². The number of hydrogen-bond acceptors (Lipinski definition) is 5. The van der Waals surface area contributed by atoms with Gasteiger partial charge in [0.15, 0.2) is 0 Å². The summed E-state index contributed by atoms with van der Waals surface area (Å²) in [6.45, 7) is 0.526. The van der Waals surface area contributed by atoms with Crippen LogP contribution in [0.2, 0.25) is 0 Å². The van der Waals surface area contributed by atoms with Crippen LogP contribution < -0.4 is 20.7 Å². The van der Waals surface area contributed by atoms with Crippen molar-refractivity contribution in [1.29, 1.82) is 0 Å². The minimum Gasteiger partial charge on any atom is -0.497 e. The van der Waals surface area contributed by atoms with Gasteiger partial charge in [-0.1, -0.05) is 30.3 Å². The van der Waals surface area contributed by atoms with Gasteiger partial charge in [0.05, 0.1) is 13.5 Å². The van der Waals surface area contributed by atoms with Gasteiger partial charge in [-0.15, -0.1) is 0 Å². The van der Waals surface area contributed by atoms with E-state index in [0.29, 0.717) is 12.5 Å². The van der Waals surface area contributed by atoms with Crippen molar-refractivity contribution in [2.45, 2.75) is 18.9 Å². The summed E-state index contributed by atoms with van der Waals surface area (Å²) in [7, 11) is 1.60.